The average molecular weight is 265 g/mol. The molecule has 1 rings (SSSR count). The number of amides is 1. The molecule has 1 aliphatic heterocycles. The molecular formula is C10H19NO5S. The molecule has 0 aromatic carbocycles. The Balaban J connectivity index is 2.38. The third kappa shape index (κ3) is 5.36. The van der Waals surface area contributed by atoms with E-state index in [0.29, 0.717) is 25.9 Å². The van der Waals surface area contributed by atoms with Crippen LogP contribution in [0.5, 0.6) is 0 Å². The number of ether oxygens (including phenoxy) is 1. The fraction of sp³-hybridized carbons (Fsp3) is 0.900. The third-order valence-corrected chi connectivity index (χ3v) is 2.97. The van der Waals surface area contributed by atoms with Gasteiger partial charge >= 0.3 is 6.09 Å². The van der Waals surface area contributed by atoms with Gasteiger partial charge in [0.25, 0.3) is 10.1 Å². The summed E-state index contributed by atoms with van der Waals surface area (Å²) >= 11 is 0. The molecule has 17 heavy (non-hydrogen) atoms. The highest BCUT2D eigenvalue weighted by molar-refractivity contribution is 7.86. The van der Waals surface area contributed by atoms with Crippen molar-refractivity contribution >= 4 is 16.2 Å². The predicted octanol–water partition coefficient (Wildman–Crippen LogP) is 0.972. The molecule has 6 nitrogen and oxygen atoms in total. The second-order valence-corrected chi connectivity index (χ2v) is 6.02. The van der Waals surface area contributed by atoms with Crippen molar-refractivity contribution in [3.8, 4) is 0 Å². The lowest BCUT2D eigenvalue weighted by molar-refractivity contribution is 0.0534. The summed E-state index contributed by atoms with van der Waals surface area (Å²) in [5.74, 6) is 0. The number of hydrogen-bond acceptors (Lipinski definition) is 5. The molecule has 0 aliphatic carbocycles. The first kappa shape index (κ1) is 14.2. The van der Waals surface area contributed by atoms with Gasteiger partial charge in [0.2, 0.25) is 0 Å². The van der Waals surface area contributed by atoms with Crippen molar-refractivity contribution in [3.05, 3.63) is 0 Å². The SMILES string of the molecule is CC(C)OC(=O)N1CCC(OS(C)(=O)=O)CC1. The molecule has 0 radical (unpaired) electrons. The first-order chi connectivity index (χ1) is 7.78. The number of hydrogen-bond donors (Lipinski definition) is 0. The van der Waals surface area contributed by atoms with Crippen LogP contribution in [0.3, 0.4) is 0 Å². The lowest BCUT2D eigenvalue weighted by Gasteiger charge is -2.30. The van der Waals surface area contributed by atoms with E-state index in [1.807, 2.05) is 0 Å². The van der Waals surface area contributed by atoms with Gasteiger partial charge in [0, 0.05) is 13.1 Å². The normalized spacial score (nSPS) is 18.5. The molecule has 0 spiro atoms. The van der Waals surface area contributed by atoms with Crippen LogP contribution >= 0.6 is 0 Å². The molecule has 0 atom stereocenters. The van der Waals surface area contributed by atoms with E-state index in [2.05, 4.69) is 0 Å². The molecule has 0 N–H and O–H groups in total. The fourth-order valence-corrected chi connectivity index (χ4v) is 2.34. The number of carbonyl (C=O) groups is 1. The standard InChI is InChI=1S/C10H19NO5S/c1-8(2)15-10(12)11-6-4-9(5-7-11)16-17(3,13)14/h8-9H,4-7H2,1-3H3. The van der Waals surface area contributed by atoms with Crippen molar-refractivity contribution in [1.82, 2.24) is 4.90 Å². The van der Waals surface area contributed by atoms with Crippen LogP contribution in [-0.2, 0) is 19.0 Å². The zero-order chi connectivity index (χ0) is 13.1. The van der Waals surface area contributed by atoms with Crippen molar-refractivity contribution in [2.24, 2.45) is 0 Å². The van der Waals surface area contributed by atoms with E-state index < -0.39 is 10.1 Å². The summed E-state index contributed by atoms with van der Waals surface area (Å²) < 4.78 is 31.8. The Labute approximate surface area is 102 Å². The largest absolute Gasteiger partial charge is 0.447 e. The molecule has 0 aromatic heterocycles. The summed E-state index contributed by atoms with van der Waals surface area (Å²) in [7, 11) is -3.42. The smallest absolute Gasteiger partial charge is 0.410 e. The van der Waals surface area contributed by atoms with Gasteiger partial charge in [-0.1, -0.05) is 0 Å². The van der Waals surface area contributed by atoms with E-state index in [4.69, 9.17) is 8.92 Å². The molecule has 0 aromatic rings. The van der Waals surface area contributed by atoms with Gasteiger partial charge in [0.05, 0.1) is 18.5 Å². The van der Waals surface area contributed by atoms with Crippen LogP contribution < -0.4 is 0 Å². The summed E-state index contributed by atoms with van der Waals surface area (Å²) in [5, 5.41) is 0. The van der Waals surface area contributed by atoms with Gasteiger partial charge in [-0.05, 0) is 26.7 Å². The summed E-state index contributed by atoms with van der Waals surface area (Å²) in [6.45, 7) is 4.51. The van der Waals surface area contributed by atoms with Gasteiger partial charge in [-0.15, -0.1) is 0 Å². The zero-order valence-corrected chi connectivity index (χ0v) is 11.2. The first-order valence-corrected chi connectivity index (χ1v) is 7.43. The van der Waals surface area contributed by atoms with Crippen LogP contribution in [0.1, 0.15) is 26.7 Å². The Morgan fingerprint density at radius 2 is 1.82 bits per heavy atom. The number of carbonyl (C=O) groups excluding carboxylic acids is 1. The van der Waals surface area contributed by atoms with Gasteiger partial charge in [0.15, 0.2) is 0 Å². The van der Waals surface area contributed by atoms with E-state index in [1.54, 1.807) is 18.7 Å². The molecule has 0 bridgehead atoms. The molecule has 0 unspecified atom stereocenters. The van der Waals surface area contributed by atoms with Crippen molar-refractivity contribution < 1.29 is 22.1 Å². The molecule has 0 saturated carbocycles. The monoisotopic (exact) mass is 265 g/mol. The zero-order valence-electron chi connectivity index (χ0n) is 10.4. The van der Waals surface area contributed by atoms with Crippen molar-refractivity contribution in [1.29, 1.82) is 0 Å². The van der Waals surface area contributed by atoms with Crippen molar-refractivity contribution in [2.45, 2.75) is 38.9 Å². The van der Waals surface area contributed by atoms with E-state index in [1.165, 1.54) is 0 Å². The quantitative estimate of drug-likeness (QED) is 0.711. The van der Waals surface area contributed by atoms with Crippen LogP contribution in [0.15, 0.2) is 0 Å². The minimum absolute atomic E-state index is 0.146. The minimum Gasteiger partial charge on any atom is -0.447 e. The topological polar surface area (TPSA) is 72.9 Å². The second-order valence-electron chi connectivity index (χ2n) is 4.42. The highest BCUT2D eigenvalue weighted by Gasteiger charge is 2.26. The lowest BCUT2D eigenvalue weighted by Crippen LogP contribution is -2.42. The highest BCUT2D eigenvalue weighted by atomic mass is 32.2. The summed E-state index contributed by atoms with van der Waals surface area (Å²) in [4.78, 5) is 13.1. The van der Waals surface area contributed by atoms with E-state index in [0.717, 1.165) is 6.26 Å². The lowest BCUT2D eigenvalue weighted by atomic mass is 10.1. The summed E-state index contributed by atoms with van der Waals surface area (Å²) in [6.07, 6.45) is 1.24. The number of likely N-dealkylation sites (tertiary alicyclic amines) is 1. The van der Waals surface area contributed by atoms with Gasteiger partial charge in [-0.3, -0.25) is 4.18 Å². The highest BCUT2D eigenvalue weighted by Crippen LogP contribution is 2.16. The average Bonchev–Trinajstić information content (AvgIpc) is 2.15. The Morgan fingerprint density at radius 3 is 2.24 bits per heavy atom. The third-order valence-electron chi connectivity index (χ3n) is 2.35. The number of piperidine rings is 1. The fourth-order valence-electron chi connectivity index (χ4n) is 1.66. The maximum Gasteiger partial charge on any atom is 0.410 e. The molecule has 7 heteroatoms. The number of nitrogens with zero attached hydrogens (tertiary/aromatic N) is 1. The van der Waals surface area contributed by atoms with Gasteiger partial charge in [-0.25, -0.2) is 4.79 Å². The molecule has 1 saturated heterocycles. The van der Waals surface area contributed by atoms with Crippen LogP contribution in [0.4, 0.5) is 4.79 Å². The Hall–Kier alpha value is -0.820. The molecule has 1 aliphatic rings. The predicted molar refractivity (Wildman–Crippen MR) is 62.1 cm³/mol. The second kappa shape index (κ2) is 5.68. The van der Waals surface area contributed by atoms with Crippen LogP contribution in [-0.4, -0.2) is 51.0 Å². The Morgan fingerprint density at radius 1 is 1.29 bits per heavy atom. The first-order valence-electron chi connectivity index (χ1n) is 5.62. The van der Waals surface area contributed by atoms with Crippen LogP contribution in [0.2, 0.25) is 0 Å². The number of rotatable bonds is 3. The minimum atomic E-state index is -3.42. The summed E-state index contributed by atoms with van der Waals surface area (Å²) in [5.41, 5.74) is 0. The van der Waals surface area contributed by atoms with E-state index in [9.17, 15) is 13.2 Å². The Kier molecular flexibility index (Phi) is 4.76. The maximum absolute atomic E-state index is 11.5. The van der Waals surface area contributed by atoms with E-state index >= 15 is 0 Å². The molecule has 100 valence electrons. The van der Waals surface area contributed by atoms with Crippen LogP contribution in [0.25, 0.3) is 0 Å². The summed E-state index contributed by atoms with van der Waals surface area (Å²) in [6, 6.07) is 0. The van der Waals surface area contributed by atoms with Gasteiger partial charge in [0.1, 0.15) is 0 Å². The van der Waals surface area contributed by atoms with Crippen molar-refractivity contribution in [2.75, 3.05) is 19.3 Å². The van der Waals surface area contributed by atoms with Crippen molar-refractivity contribution in [3.63, 3.8) is 0 Å². The molecule has 1 fully saturated rings. The molecular weight excluding hydrogens is 246 g/mol. The maximum atomic E-state index is 11.5. The van der Waals surface area contributed by atoms with Gasteiger partial charge in [-0.2, -0.15) is 8.42 Å². The molecule has 1 heterocycles. The Bertz CT molecular complexity index is 357. The van der Waals surface area contributed by atoms with E-state index in [-0.39, 0.29) is 18.3 Å². The molecule has 1 amide bonds. The van der Waals surface area contributed by atoms with Gasteiger partial charge < -0.3 is 9.64 Å². The van der Waals surface area contributed by atoms with Crippen LogP contribution in [0, 0.1) is 0 Å².